The first kappa shape index (κ1) is 12.2. The number of methoxy groups -OCH3 is 1. The SMILES string of the molecule is COCOc1ccc(N2CCCNCC2)cc1. The second kappa shape index (κ2) is 6.47. The largest absolute Gasteiger partial charge is 0.468 e. The Kier molecular flexibility index (Phi) is 4.64. The average molecular weight is 236 g/mol. The average Bonchev–Trinajstić information content (AvgIpc) is 2.66. The molecular weight excluding hydrogens is 216 g/mol. The molecule has 1 fully saturated rings. The van der Waals surface area contributed by atoms with Crippen molar-refractivity contribution in [3.63, 3.8) is 0 Å². The van der Waals surface area contributed by atoms with Gasteiger partial charge in [0.05, 0.1) is 0 Å². The lowest BCUT2D eigenvalue weighted by atomic mass is 10.2. The van der Waals surface area contributed by atoms with Gasteiger partial charge < -0.3 is 19.7 Å². The van der Waals surface area contributed by atoms with Crippen LogP contribution >= 0.6 is 0 Å². The van der Waals surface area contributed by atoms with Gasteiger partial charge in [-0.25, -0.2) is 0 Å². The number of nitrogens with zero attached hydrogens (tertiary/aromatic N) is 1. The third-order valence-corrected chi connectivity index (χ3v) is 2.89. The quantitative estimate of drug-likeness (QED) is 0.803. The van der Waals surface area contributed by atoms with E-state index in [0.717, 1.165) is 31.9 Å². The first-order chi connectivity index (χ1) is 8.40. The van der Waals surface area contributed by atoms with Crippen molar-refractivity contribution in [2.75, 3.05) is 45.0 Å². The van der Waals surface area contributed by atoms with E-state index in [1.807, 2.05) is 12.1 Å². The molecule has 0 saturated carbocycles. The summed E-state index contributed by atoms with van der Waals surface area (Å²) in [6, 6.07) is 8.20. The number of hydrogen-bond donors (Lipinski definition) is 1. The van der Waals surface area contributed by atoms with Gasteiger partial charge in [-0.05, 0) is 37.2 Å². The van der Waals surface area contributed by atoms with Gasteiger partial charge in [0, 0.05) is 32.4 Å². The molecule has 0 unspecified atom stereocenters. The van der Waals surface area contributed by atoms with Gasteiger partial charge in [0.1, 0.15) is 5.75 Å². The van der Waals surface area contributed by atoms with Crippen LogP contribution in [0.25, 0.3) is 0 Å². The molecule has 4 heteroatoms. The summed E-state index contributed by atoms with van der Waals surface area (Å²) in [6.07, 6.45) is 1.20. The van der Waals surface area contributed by atoms with E-state index in [-0.39, 0.29) is 0 Å². The fraction of sp³-hybridized carbons (Fsp3) is 0.538. The molecule has 0 bridgehead atoms. The molecule has 1 N–H and O–H groups in total. The molecule has 17 heavy (non-hydrogen) atoms. The zero-order valence-corrected chi connectivity index (χ0v) is 10.3. The first-order valence-corrected chi connectivity index (χ1v) is 6.07. The van der Waals surface area contributed by atoms with Gasteiger partial charge in [-0.2, -0.15) is 0 Å². The van der Waals surface area contributed by atoms with Crippen molar-refractivity contribution < 1.29 is 9.47 Å². The van der Waals surface area contributed by atoms with Gasteiger partial charge in [-0.3, -0.25) is 0 Å². The number of benzene rings is 1. The summed E-state index contributed by atoms with van der Waals surface area (Å²) in [7, 11) is 1.62. The molecule has 1 aromatic rings. The maximum absolute atomic E-state index is 5.37. The Bertz CT molecular complexity index is 319. The normalized spacial score (nSPS) is 16.6. The van der Waals surface area contributed by atoms with Crippen molar-refractivity contribution in [1.82, 2.24) is 5.32 Å². The fourth-order valence-corrected chi connectivity index (χ4v) is 1.98. The number of rotatable bonds is 4. The van der Waals surface area contributed by atoms with Gasteiger partial charge in [0.15, 0.2) is 6.79 Å². The summed E-state index contributed by atoms with van der Waals surface area (Å²) in [5.41, 5.74) is 1.26. The van der Waals surface area contributed by atoms with E-state index < -0.39 is 0 Å². The molecule has 4 nitrogen and oxygen atoms in total. The molecular formula is C13H20N2O2. The second-order valence-electron chi connectivity index (χ2n) is 4.14. The van der Waals surface area contributed by atoms with E-state index in [2.05, 4.69) is 22.3 Å². The molecule has 0 aliphatic carbocycles. The summed E-state index contributed by atoms with van der Waals surface area (Å²) in [4.78, 5) is 2.40. The van der Waals surface area contributed by atoms with Crippen molar-refractivity contribution in [2.24, 2.45) is 0 Å². The number of hydrogen-bond acceptors (Lipinski definition) is 4. The monoisotopic (exact) mass is 236 g/mol. The maximum Gasteiger partial charge on any atom is 0.188 e. The minimum absolute atomic E-state index is 0.299. The van der Waals surface area contributed by atoms with Crippen molar-refractivity contribution >= 4 is 5.69 Å². The molecule has 0 amide bonds. The van der Waals surface area contributed by atoms with Crippen LogP contribution in [0.2, 0.25) is 0 Å². The topological polar surface area (TPSA) is 33.7 Å². The highest BCUT2D eigenvalue weighted by molar-refractivity contribution is 5.49. The number of ether oxygens (including phenoxy) is 2. The standard InChI is InChI=1S/C13H20N2O2/c1-16-11-17-13-5-3-12(4-6-13)15-9-2-7-14-8-10-15/h3-6,14H,2,7-11H2,1H3. The minimum Gasteiger partial charge on any atom is -0.468 e. The van der Waals surface area contributed by atoms with E-state index >= 15 is 0 Å². The Labute approximate surface area is 103 Å². The Morgan fingerprint density at radius 2 is 2.00 bits per heavy atom. The molecule has 94 valence electrons. The Morgan fingerprint density at radius 3 is 2.76 bits per heavy atom. The van der Waals surface area contributed by atoms with E-state index in [4.69, 9.17) is 9.47 Å². The predicted octanol–water partition coefficient (Wildman–Crippen LogP) is 1.47. The van der Waals surface area contributed by atoms with Crippen LogP contribution in [0.3, 0.4) is 0 Å². The fourth-order valence-electron chi connectivity index (χ4n) is 1.98. The lowest BCUT2D eigenvalue weighted by Gasteiger charge is -2.22. The third kappa shape index (κ3) is 3.61. The van der Waals surface area contributed by atoms with E-state index in [1.54, 1.807) is 7.11 Å². The van der Waals surface area contributed by atoms with E-state index in [9.17, 15) is 0 Å². The van der Waals surface area contributed by atoms with Crippen LogP contribution in [0.4, 0.5) is 5.69 Å². The van der Waals surface area contributed by atoms with Gasteiger partial charge in [0.2, 0.25) is 0 Å². The highest BCUT2D eigenvalue weighted by Gasteiger charge is 2.09. The van der Waals surface area contributed by atoms with Crippen LogP contribution in [-0.2, 0) is 4.74 Å². The van der Waals surface area contributed by atoms with E-state index in [1.165, 1.54) is 12.1 Å². The Hall–Kier alpha value is -1.26. The van der Waals surface area contributed by atoms with Gasteiger partial charge in [0.25, 0.3) is 0 Å². The van der Waals surface area contributed by atoms with Crippen molar-refractivity contribution in [2.45, 2.75) is 6.42 Å². The molecule has 1 saturated heterocycles. The molecule has 1 aliphatic rings. The zero-order chi connectivity index (χ0) is 11.9. The number of nitrogens with one attached hydrogen (secondary N) is 1. The van der Waals surface area contributed by atoms with Crippen molar-refractivity contribution in [1.29, 1.82) is 0 Å². The van der Waals surface area contributed by atoms with Gasteiger partial charge >= 0.3 is 0 Å². The Morgan fingerprint density at radius 1 is 1.18 bits per heavy atom. The molecule has 0 radical (unpaired) electrons. The van der Waals surface area contributed by atoms with Crippen LogP contribution in [0.5, 0.6) is 5.75 Å². The molecule has 1 heterocycles. The lowest BCUT2D eigenvalue weighted by molar-refractivity contribution is 0.0511. The first-order valence-electron chi connectivity index (χ1n) is 6.07. The van der Waals surface area contributed by atoms with Gasteiger partial charge in [-0.15, -0.1) is 0 Å². The molecule has 2 rings (SSSR count). The summed E-state index contributed by atoms with van der Waals surface area (Å²) >= 11 is 0. The van der Waals surface area contributed by atoms with Crippen molar-refractivity contribution in [3.05, 3.63) is 24.3 Å². The molecule has 0 spiro atoms. The van der Waals surface area contributed by atoms with Crippen LogP contribution < -0.4 is 15.0 Å². The minimum atomic E-state index is 0.299. The summed E-state index contributed by atoms with van der Waals surface area (Å²) in [5, 5.41) is 3.40. The van der Waals surface area contributed by atoms with Crippen molar-refractivity contribution in [3.8, 4) is 5.75 Å². The smallest absolute Gasteiger partial charge is 0.188 e. The lowest BCUT2D eigenvalue weighted by Crippen LogP contribution is -2.27. The molecule has 0 atom stereocenters. The molecule has 1 aliphatic heterocycles. The number of anilines is 1. The van der Waals surface area contributed by atoms with Gasteiger partial charge in [-0.1, -0.05) is 0 Å². The molecule has 1 aromatic carbocycles. The summed E-state index contributed by atoms with van der Waals surface area (Å²) in [5.74, 6) is 0.851. The van der Waals surface area contributed by atoms with E-state index in [0.29, 0.717) is 6.79 Å². The second-order valence-corrected chi connectivity index (χ2v) is 4.14. The maximum atomic E-state index is 5.37. The third-order valence-electron chi connectivity index (χ3n) is 2.89. The summed E-state index contributed by atoms with van der Waals surface area (Å²) in [6.45, 7) is 4.66. The van der Waals surface area contributed by atoms with Crippen LogP contribution in [-0.4, -0.2) is 40.1 Å². The van der Waals surface area contributed by atoms with Crippen LogP contribution in [0.15, 0.2) is 24.3 Å². The highest BCUT2D eigenvalue weighted by atomic mass is 16.7. The van der Waals surface area contributed by atoms with Crippen LogP contribution in [0, 0.1) is 0 Å². The summed E-state index contributed by atoms with van der Waals surface area (Å²) < 4.78 is 10.2. The highest BCUT2D eigenvalue weighted by Crippen LogP contribution is 2.19. The molecule has 0 aromatic heterocycles. The zero-order valence-electron chi connectivity index (χ0n) is 10.3. The van der Waals surface area contributed by atoms with Crippen LogP contribution in [0.1, 0.15) is 6.42 Å². The Balaban J connectivity index is 1.96. The predicted molar refractivity (Wildman–Crippen MR) is 68.6 cm³/mol.